The molecule has 1 rings (SSSR count). The van der Waals surface area contributed by atoms with Crippen molar-refractivity contribution in [1.29, 1.82) is 0 Å². The number of thioether (sulfide) groups is 1. The highest BCUT2D eigenvalue weighted by molar-refractivity contribution is 8.00. The second kappa shape index (κ2) is 8.42. The number of rotatable bonds is 8. The number of aryl methyl sites for hydroxylation is 1. The minimum absolute atomic E-state index is 0.0514. The second-order valence-corrected chi connectivity index (χ2v) is 5.54. The minimum Gasteiger partial charge on any atom is -0.492 e. The van der Waals surface area contributed by atoms with Crippen LogP contribution in [0.3, 0.4) is 0 Å². The van der Waals surface area contributed by atoms with Crippen LogP contribution in [0.2, 0.25) is 0 Å². The third-order valence-corrected chi connectivity index (χ3v) is 3.33. The van der Waals surface area contributed by atoms with Crippen LogP contribution in [0.1, 0.15) is 24.5 Å². The molecule has 0 aliphatic carbocycles. The van der Waals surface area contributed by atoms with Crippen molar-refractivity contribution < 1.29 is 17.9 Å². The Balaban J connectivity index is 2.54. The van der Waals surface area contributed by atoms with Crippen LogP contribution in [0.25, 0.3) is 0 Å². The molecular formula is C14H20F3NOS. The first-order valence-electron chi connectivity index (χ1n) is 6.56. The summed E-state index contributed by atoms with van der Waals surface area (Å²) < 4.78 is 41.7. The van der Waals surface area contributed by atoms with E-state index in [9.17, 15) is 13.2 Å². The first-order chi connectivity index (χ1) is 9.44. The van der Waals surface area contributed by atoms with E-state index in [0.29, 0.717) is 12.3 Å². The first-order valence-corrected chi connectivity index (χ1v) is 7.55. The van der Waals surface area contributed by atoms with Crippen molar-refractivity contribution in [3.8, 4) is 5.75 Å². The number of para-hydroxylation sites is 1. The van der Waals surface area contributed by atoms with Crippen molar-refractivity contribution in [3.05, 3.63) is 29.3 Å². The Morgan fingerprint density at radius 2 is 2.05 bits per heavy atom. The van der Waals surface area contributed by atoms with E-state index in [0.717, 1.165) is 24.1 Å². The van der Waals surface area contributed by atoms with Gasteiger partial charge in [0.2, 0.25) is 0 Å². The van der Waals surface area contributed by atoms with E-state index < -0.39 is 5.51 Å². The fraction of sp³-hybridized carbons (Fsp3) is 0.571. The quantitative estimate of drug-likeness (QED) is 0.730. The number of nitrogens with one attached hydrogen (secondary N) is 1. The third kappa shape index (κ3) is 6.52. The fourth-order valence-electron chi connectivity index (χ4n) is 1.76. The average molecular weight is 307 g/mol. The van der Waals surface area contributed by atoms with Crippen LogP contribution < -0.4 is 10.1 Å². The summed E-state index contributed by atoms with van der Waals surface area (Å²) in [5.41, 5.74) is -2.27. The lowest BCUT2D eigenvalue weighted by molar-refractivity contribution is -0.0329. The van der Waals surface area contributed by atoms with Crippen LogP contribution in [0.4, 0.5) is 13.2 Å². The molecule has 0 bridgehead atoms. The van der Waals surface area contributed by atoms with Gasteiger partial charge in [0.1, 0.15) is 5.75 Å². The maximum absolute atomic E-state index is 12.0. The highest BCUT2D eigenvalue weighted by atomic mass is 32.2. The van der Waals surface area contributed by atoms with Crippen molar-refractivity contribution in [2.24, 2.45) is 0 Å². The topological polar surface area (TPSA) is 21.3 Å². The van der Waals surface area contributed by atoms with Gasteiger partial charge in [-0.1, -0.05) is 25.1 Å². The van der Waals surface area contributed by atoms with Crippen LogP contribution in [0.5, 0.6) is 5.75 Å². The second-order valence-electron chi connectivity index (χ2n) is 4.38. The third-order valence-electron chi connectivity index (χ3n) is 2.63. The zero-order valence-corrected chi connectivity index (χ0v) is 12.5. The van der Waals surface area contributed by atoms with Gasteiger partial charge in [-0.25, -0.2) is 0 Å². The van der Waals surface area contributed by atoms with Gasteiger partial charge in [-0.2, -0.15) is 13.2 Å². The van der Waals surface area contributed by atoms with Crippen molar-refractivity contribution in [2.45, 2.75) is 32.3 Å². The lowest BCUT2D eigenvalue weighted by atomic mass is 10.1. The number of ether oxygens (including phenoxy) is 1. The molecule has 0 aromatic heterocycles. The Morgan fingerprint density at radius 1 is 1.30 bits per heavy atom. The standard InChI is InChI=1S/C14H20F3NOS/c1-3-7-18-10-12-6-4-5-11(2)13(12)19-8-9-20-14(15,16)17/h4-6,18H,3,7-10H2,1-2H3. The van der Waals surface area contributed by atoms with E-state index >= 15 is 0 Å². The zero-order valence-electron chi connectivity index (χ0n) is 11.7. The van der Waals surface area contributed by atoms with Crippen molar-refractivity contribution in [2.75, 3.05) is 18.9 Å². The van der Waals surface area contributed by atoms with Crippen LogP contribution in [-0.4, -0.2) is 24.4 Å². The lowest BCUT2D eigenvalue weighted by Crippen LogP contribution is -2.15. The molecule has 0 unspecified atom stereocenters. The maximum Gasteiger partial charge on any atom is 0.441 e. The summed E-state index contributed by atoms with van der Waals surface area (Å²) in [5, 5.41) is 3.27. The molecule has 0 saturated carbocycles. The molecule has 0 spiro atoms. The molecule has 2 nitrogen and oxygen atoms in total. The molecule has 0 radical (unpaired) electrons. The van der Waals surface area contributed by atoms with E-state index in [1.807, 2.05) is 25.1 Å². The smallest absolute Gasteiger partial charge is 0.441 e. The first kappa shape index (κ1) is 17.2. The summed E-state index contributed by atoms with van der Waals surface area (Å²) >= 11 is -0.0546. The van der Waals surface area contributed by atoms with Crippen molar-refractivity contribution >= 4 is 11.8 Å². The molecule has 1 aromatic rings. The Morgan fingerprint density at radius 3 is 2.70 bits per heavy atom. The molecular weight excluding hydrogens is 287 g/mol. The summed E-state index contributed by atoms with van der Waals surface area (Å²) in [6, 6.07) is 5.76. The fourth-order valence-corrected chi connectivity index (χ4v) is 2.16. The zero-order chi connectivity index (χ0) is 15.0. The summed E-state index contributed by atoms with van der Waals surface area (Å²) in [6.45, 7) is 5.59. The van der Waals surface area contributed by atoms with Gasteiger partial charge in [0.25, 0.3) is 0 Å². The lowest BCUT2D eigenvalue weighted by Gasteiger charge is -2.15. The maximum atomic E-state index is 12.0. The van der Waals surface area contributed by atoms with Gasteiger partial charge in [-0.15, -0.1) is 0 Å². The Kier molecular flexibility index (Phi) is 7.23. The molecule has 0 aliphatic heterocycles. The van der Waals surface area contributed by atoms with Crippen LogP contribution in [-0.2, 0) is 6.54 Å². The van der Waals surface area contributed by atoms with Crippen LogP contribution >= 0.6 is 11.8 Å². The van der Waals surface area contributed by atoms with E-state index in [-0.39, 0.29) is 24.1 Å². The summed E-state index contributed by atoms with van der Waals surface area (Å²) in [6.07, 6.45) is 1.03. The average Bonchev–Trinajstić information content (AvgIpc) is 2.36. The summed E-state index contributed by atoms with van der Waals surface area (Å²) in [4.78, 5) is 0. The van der Waals surface area contributed by atoms with Gasteiger partial charge in [0.15, 0.2) is 0 Å². The predicted molar refractivity (Wildman–Crippen MR) is 77.2 cm³/mol. The number of benzene rings is 1. The normalized spacial score (nSPS) is 11.7. The molecule has 114 valence electrons. The van der Waals surface area contributed by atoms with E-state index in [2.05, 4.69) is 12.2 Å². The van der Waals surface area contributed by atoms with Gasteiger partial charge in [0, 0.05) is 17.9 Å². The van der Waals surface area contributed by atoms with E-state index in [1.165, 1.54) is 0 Å². The number of halogens is 3. The molecule has 0 atom stereocenters. The van der Waals surface area contributed by atoms with Gasteiger partial charge in [-0.05, 0) is 37.2 Å². The van der Waals surface area contributed by atoms with Gasteiger partial charge in [-0.3, -0.25) is 0 Å². The molecule has 6 heteroatoms. The summed E-state index contributed by atoms with van der Waals surface area (Å²) in [5.74, 6) is 0.596. The SMILES string of the molecule is CCCNCc1cccc(C)c1OCCSC(F)(F)F. The highest BCUT2D eigenvalue weighted by Gasteiger charge is 2.27. The Hall–Kier alpha value is -0.880. The molecule has 0 heterocycles. The minimum atomic E-state index is -4.19. The van der Waals surface area contributed by atoms with E-state index in [1.54, 1.807) is 0 Å². The number of hydrogen-bond acceptors (Lipinski definition) is 3. The summed E-state index contributed by atoms with van der Waals surface area (Å²) in [7, 11) is 0. The van der Waals surface area contributed by atoms with E-state index in [4.69, 9.17) is 4.74 Å². The van der Waals surface area contributed by atoms with Gasteiger partial charge >= 0.3 is 5.51 Å². The molecule has 1 N–H and O–H groups in total. The van der Waals surface area contributed by atoms with Crippen LogP contribution in [0.15, 0.2) is 18.2 Å². The molecule has 20 heavy (non-hydrogen) atoms. The Bertz CT molecular complexity index is 410. The molecule has 0 fully saturated rings. The number of hydrogen-bond donors (Lipinski definition) is 1. The molecule has 0 aliphatic rings. The monoisotopic (exact) mass is 307 g/mol. The van der Waals surface area contributed by atoms with Crippen molar-refractivity contribution in [3.63, 3.8) is 0 Å². The number of alkyl halides is 3. The Labute approximate surface area is 122 Å². The largest absolute Gasteiger partial charge is 0.492 e. The van der Waals surface area contributed by atoms with Crippen molar-refractivity contribution in [1.82, 2.24) is 5.32 Å². The van der Waals surface area contributed by atoms with Gasteiger partial charge < -0.3 is 10.1 Å². The van der Waals surface area contributed by atoms with Crippen LogP contribution in [0, 0.1) is 6.92 Å². The molecule has 1 aromatic carbocycles. The molecule has 0 saturated heterocycles. The highest BCUT2D eigenvalue weighted by Crippen LogP contribution is 2.30. The van der Waals surface area contributed by atoms with Gasteiger partial charge in [0.05, 0.1) is 6.61 Å². The molecule has 0 amide bonds. The predicted octanol–water partition coefficient (Wildman–Crippen LogP) is 4.13.